The van der Waals surface area contributed by atoms with Gasteiger partial charge in [-0.15, -0.1) is 0 Å². The van der Waals surface area contributed by atoms with Gasteiger partial charge in [0.2, 0.25) is 15.9 Å². The Morgan fingerprint density at radius 2 is 1.77 bits per heavy atom. The number of carbonyl (C=O) groups excluding carboxylic acids is 1. The first kappa shape index (κ1) is 16.4. The van der Waals surface area contributed by atoms with E-state index in [1.807, 2.05) is 0 Å². The van der Waals surface area contributed by atoms with Crippen molar-refractivity contribution in [2.45, 2.75) is 18.7 Å². The Morgan fingerprint density at radius 1 is 1.18 bits per heavy atom. The van der Waals surface area contributed by atoms with Crippen LogP contribution in [0.2, 0.25) is 0 Å². The summed E-state index contributed by atoms with van der Waals surface area (Å²) in [4.78, 5) is 22.4. The fourth-order valence-corrected chi connectivity index (χ4v) is 2.90. The molecule has 1 aliphatic carbocycles. The van der Waals surface area contributed by atoms with Crippen LogP contribution in [0, 0.1) is 11.8 Å². The number of aliphatic carboxylic acids is 1. The van der Waals surface area contributed by atoms with Crippen molar-refractivity contribution in [2.24, 2.45) is 11.8 Å². The lowest BCUT2D eigenvalue weighted by Gasteiger charge is -2.06. The van der Waals surface area contributed by atoms with E-state index in [-0.39, 0.29) is 11.7 Å². The van der Waals surface area contributed by atoms with Gasteiger partial charge in [-0.05, 0) is 24.6 Å². The molecule has 1 fully saturated rings. The minimum atomic E-state index is -3.30. The minimum Gasteiger partial charge on any atom is -0.481 e. The summed E-state index contributed by atoms with van der Waals surface area (Å²) in [7, 11) is -1.94. The average molecular weight is 326 g/mol. The highest BCUT2D eigenvalue weighted by atomic mass is 32.2. The number of rotatable bonds is 7. The third-order valence-corrected chi connectivity index (χ3v) is 4.94. The monoisotopic (exact) mass is 326 g/mol. The van der Waals surface area contributed by atoms with E-state index in [0.717, 1.165) is 5.56 Å². The van der Waals surface area contributed by atoms with Crippen molar-refractivity contribution in [3.05, 3.63) is 35.4 Å². The summed E-state index contributed by atoms with van der Waals surface area (Å²) >= 11 is 0. The second kappa shape index (κ2) is 6.45. The van der Waals surface area contributed by atoms with Crippen LogP contribution in [-0.4, -0.2) is 32.4 Å². The van der Waals surface area contributed by atoms with E-state index in [2.05, 4.69) is 10.0 Å². The van der Waals surface area contributed by atoms with Gasteiger partial charge in [-0.3, -0.25) is 9.59 Å². The SMILES string of the molecule is CNS(=O)(=O)Cc1ccc(CNC(=O)[C@H]2C[C@H]2C(=O)O)cc1. The third-order valence-electron chi connectivity index (χ3n) is 3.60. The maximum Gasteiger partial charge on any atom is 0.307 e. The normalized spacial score (nSPS) is 20.4. The topological polar surface area (TPSA) is 113 Å². The van der Waals surface area contributed by atoms with Gasteiger partial charge in [-0.25, -0.2) is 13.1 Å². The van der Waals surface area contributed by atoms with Crippen LogP contribution in [0.3, 0.4) is 0 Å². The summed E-state index contributed by atoms with van der Waals surface area (Å²) in [5.74, 6) is -2.28. The maximum atomic E-state index is 11.7. The molecule has 1 aliphatic rings. The van der Waals surface area contributed by atoms with Gasteiger partial charge in [0, 0.05) is 6.54 Å². The molecule has 0 heterocycles. The van der Waals surface area contributed by atoms with Crippen LogP contribution in [0.1, 0.15) is 17.5 Å². The van der Waals surface area contributed by atoms with Crippen LogP contribution in [0.5, 0.6) is 0 Å². The first-order valence-electron chi connectivity index (χ1n) is 6.82. The molecule has 1 aromatic rings. The van der Waals surface area contributed by atoms with Gasteiger partial charge >= 0.3 is 5.97 Å². The van der Waals surface area contributed by atoms with Crippen molar-refractivity contribution in [3.8, 4) is 0 Å². The van der Waals surface area contributed by atoms with Gasteiger partial charge in [0.25, 0.3) is 0 Å². The van der Waals surface area contributed by atoms with Crippen molar-refractivity contribution in [2.75, 3.05) is 7.05 Å². The Kier molecular flexibility index (Phi) is 4.82. The lowest BCUT2D eigenvalue weighted by Crippen LogP contribution is -2.26. The Hall–Kier alpha value is -1.93. The highest BCUT2D eigenvalue weighted by Crippen LogP contribution is 2.38. The maximum absolute atomic E-state index is 11.7. The summed E-state index contributed by atoms with van der Waals surface area (Å²) in [6.45, 7) is 0.292. The van der Waals surface area contributed by atoms with E-state index in [4.69, 9.17) is 5.11 Å². The Bertz CT molecular complexity index is 669. The number of hydrogen-bond donors (Lipinski definition) is 3. The zero-order valence-corrected chi connectivity index (χ0v) is 12.9. The second-order valence-electron chi connectivity index (χ2n) is 5.28. The van der Waals surface area contributed by atoms with Gasteiger partial charge in [0.1, 0.15) is 0 Å². The molecule has 0 bridgehead atoms. The first-order chi connectivity index (χ1) is 10.3. The molecule has 0 saturated heterocycles. The van der Waals surface area contributed by atoms with Crippen LogP contribution in [0.15, 0.2) is 24.3 Å². The van der Waals surface area contributed by atoms with E-state index in [1.54, 1.807) is 24.3 Å². The summed E-state index contributed by atoms with van der Waals surface area (Å²) in [6, 6.07) is 6.85. The standard InChI is InChI=1S/C14H18N2O5S/c1-15-22(20,21)8-10-4-2-9(3-5-10)7-16-13(17)11-6-12(11)14(18)19/h2-5,11-12,15H,6-8H2,1H3,(H,16,17)(H,18,19)/t11-,12+/m0/s1. The van der Waals surface area contributed by atoms with Gasteiger partial charge in [-0.2, -0.15) is 0 Å². The zero-order valence-electron chi connectivity index (χ0n) is 12.1. The smallest absolute Gasteiger partial charge is 0.307 e. The molecule has 0 unspecified atom stereocenters. The van der Waals surface area contributed by atoms with Crippen molar-refractivity contribution >= 4 is 21.9 Å². The molecular formula is C14H18N2O5S. The molecule has 0 aliphatic heterocycles. The van der Waals surface area contributed by atoms with E-state index >= 15 is 0 Å². The van der Waals surface area contributed by atoms with Gasteiger partial charge in [-0.1, -0.05) is 24.3 Å². The number of amides is 1. The third kappa shape index (κ3) is 4.28. The van der Waals surface area contributed by atoms with Crippen molar-refractivity contribution in [1.29, 1.82) is 0 Å². The van der Waals surface area contributed by atoms with Gasteiger partial charge in [0.15, 0.2) is 0 Å². The molecule has 8 heteroatoms. The van der Waals surface area contributed by atoms with Crippen LogP contribution in [0.4, 0.5) is 0 Å². The average Bonchev–Trinajstić information content (AvgIpc) is 3.26. The minimum absolute atomic E-state index is 0.0987. The van der Waals surface area contributed by atoms with Crippen molar-refractivity contribution in [3.63, 3.8) is 0 Å². The molecule has 0 radical (unpaired) electrons. The molecule has 1 saturated carbocycles. The van der Waals surface area contributed by atoms with Crippen LogP contribution >= 0.6 is 0 Å². The quantitative estimate of drug-likeness (QED) is 0.656. The molecule has 0 aromatic heterocycles. The summed E-state index contributed by atoms with van der Waals surface area (Å²) in [6.07, 6.45) is 0.391. The van der Waals surface area contributed by atoms with Crippen LogP contribution < -0.4 is 10.0 Å². The number of sulfonamides is 1. The number of carboxylic acids is 1. The largest absolute Gasteiger partial charge is 0.481 e. The van der Waals surface area contributed by atoms with E-state index in [1.165, 1.54) is 7.05 Å². The Morgan fingerprint density at radius 3 is 2.27 bits per heavy atom. The molecule has 1 aromatic carbocycles. The number of nitrogens with one attached hydrogen (secondary N) is 2. The predicted molar refractivity (Wildman–Crippen MR) is 79.2 cm³/mol. The fraction of sp³-hybridized carbons (Fsp3) is 0.429. The number of carbonyl (C=O) groups is 2. The van der Waals surface area contributed by atoms with Gasteiger partial charge in [0.05, 0.1) is 17.6 Å². The van der Waals surface area contributed by atoms with E-state index < -0.39 is 27.8 Å². The summed E-state index contributed by atoms with van der Waals surface area (Å²) < 4.78 is 25.1. The number of hydrogen-bond acceptors (Lipinski definition) is 4. The molecule has 3 N–H and O–H groups in total. The number of benzene rings is 1. The Balaban J connectivity index is 1.84. The second-order valence-corrected chi connectivity index (χ2v) is 7.21. The van der Waals surface area contributed by atoms with Gasteiger partial charge < -0.3 is 10.4 Å². The van der Waals surface area contributed by atoms with Crippen molar-refractivity contribution in [1.82, 2.24) is 10.0 Å². The molecular weight excluding hydrogens is 308 g/mol. The lowest BCUT2D eigenvalue weighted by atomic mass is 10.1. The molecule has 1 amide bonds. The zero-order chi connectivity index (χ0) is 16.3. The molecule has 7 nitrogen and oxygen atoms in total. The lowest BCUT2D eigenvalue weighted by molar-refractivity contribution is -0.140. The van der Waals surface area contributed by atoms with E-state index in [9.17, 15) is 18.0 Å². The highest BCUT2D eigenvalue weighted by Gasteiger charge is 2.48. The predicted octanol–water partition coefficient (Wildman–Crippen LogP) is 0.0727. The number of carboxylic acid groups (broad SMARTS) is 1. The van der Waals surface area contributed by atoms with Crippen molar-refractivity contribution < 1.29 is 23.1 Å². The molecule has 120 valence electrons. The molecule has 2 rings (SSSR count). The van der Waals surface area contributed by atoms with Crippen LogP contribution in [0.25, 0.3) is 0 Å². The molecule has 22 heavy (non-hydrogen) atoms. The fourth-order valence-electron chi connectivity index (χ4n) is 2.12. The van der Waals surface area contributed by atoms with Crippen LogP contribution in [-0.2, 0) is 31.9 Å². The molecule has 0 spiro atoms. The summed E-state index contributed by atoms with van der Waals surface area (Å²) in [5, 5.41) is 11.5. The Labute approximate surface area is 128 Å². The molecule has 2 atom stereocenters. The first-order valence-corrected chi connectivity index (χ1v) is 8.47. The van der Waals surface area contributed by atoms with E-state index in [0.29, 0.717) is 18.5 Å². The summed E-state index contributed by atoms with van der Waals surface area (Å²) in [5.41, 5.74) is 1.48. The highest BCUT2D eigenvalue weighted by molar-refractivity contribution is 7.88.